The van der Waals surface area contributed by atoms with Crippen LogP contribution >= 0.6 is 11.3 Å². The van der Waals surface area contributed by atoms with E-state index < -0.39 is 5.97 Å². The highest BCUT2D eigenvalue weighted by molar-refractivity contribution is 7.13. The van der Waals surface area contributed by atoms with Crippen LogP contribution < -0.4 is 10.6 Å². The molecular weight excluding hydrogens is 364 g/mol. The van der Waals surface area contributed by atoms with Crippen LogP contribution in [0, 0.1) is 5.92 Å². The quantitative estimate of drug-likeness (QED) is 0.681. The molecule has 1 saturated carbocycles. The van der Waals surface area contributed by atoms with Crippen molar-refractivity contribution in [3.05, 3.63) is 57.3 Å². The predicted octanol–water partition coefficient (Wildman–Crippen LogP) is 3.18. The number of carbonyl (C=O) groups is 3. The third-order valence-electron chi connectivity index (χ3n) is 4.70. The Hall–Kier alpha value is -2.67. The van der Waals surface area contributed by atoms with Crippen molar-refractivity contribution in [1.82, 2.24) is 10.6 Å². The summed E-state index contributed by atoms with van der Waals surface area (Å²) in [6, 6.07) is 10.3. The third-order valence-corrected chi connectivity index (χ3v) is 5.78. The average Bonchev–Trinajstić information content (AvgIpc) is 3.36. The summed E-state index contributed by atoms with van der Waals surface area (Å²) < 4.78 is 0. The van der Waals surface area contributed by atoms with E-state index in [2.05, 4.69) is 10.6 Å². The second kappa shape index (κ2) is 8.81. The summed E-state index contributed by atoms with van der Waals surface area (Å²) in [6.45, 7) is 0.750. The molecule has 1 aromatic heterocycles. The van der Waals surface area contributed by atoms with Gasteiger partial charge in [0.2, 0.25) is 5.91 Å². The SMILES string of the molecule is O=C(NCc1ccc(C(=O)O)s1)c1ccc(CNC(=O)C2CCCC2)cc1. The smallest absolute Gasteiger partial charge is 0.345 e. The molecule has 3 N–H and O–H groups in total. The molecule has 2 aromatic rings. The first-order valence-corrected chi connectivity index (χ1v) is 9.81. The molecule has 0 atom stereocenters. The van der Waals surface area contributed by atoms with E-state index in [-0.39, 0.29) is 29.2 Å². The fraction of sp³-hybridized carbons (Fsp3) is 0.350. The average molecular weight is 386 g/mol. The number of carbonyl (C=O) groups excluding carboxylic acids is 2. The van der Waals surface area contributed by atoms with Gasteiger partial charge in [0.25, 0.3) is 5.91 Å². The van der Waals surface area contributed by atoms with Crippen LogP contribution in [0.4, 0.5) is 0 Å². The van der Waals surface area contributed by atoms with Gasteiger partial charge in [-0.25, -0.2) is 4.79 Å². The van der Waals surface area contributed by atoms with Gasteiger partial charge in [0.05, 0.1) is 6.54 Å². The molecule has 0 aliphatic heterocycles. The minimum absolute atomic E-state index is 0.117. The molecule has 1 aromatic carbocycles. The van der Waals surface area contributed by atoms with Crippen LogP contribution in [0.15, 0.2) is 36.4 Å². The molecule has 6 nitrogen and oxygen atoms in total. The maximum Gasteiger partial charge on any atom is 0.345 e. The van der Waals surface area contributed by atoms with E-state index >= 15 is 0 Å². The van der Waals surface area contributed by atoms with Gasteiger partial charge >= 0.3 is 5.97 Å². The van der Waals surface area contributed by atoms with E-state index in [0.717, 1.165) is 47.5 Å². The summed E-state index contributed by atoms with van der Waals surface area (Å²) in [7, 11) is 0. The van der Waals surface area contributed by atoms with Crippen LogP contribution in [0.1, 0.15) is 56.2 Å². The first kappa shape index (κ1) is 19.1. The molecule has 1 aliphatic carbocycles. The Labute approximate surface area is 161 Å². The summed E-state index contributed by atoms with van der Waals surface area (Å²) >= 11 is 1.15. The molecule has 0 saturated heterocycles. The van der Waals surface area contributed by atoms with E-state index in [9.17, 15) is 14.4 Å². The number of thiophene rings is 1. The molecule has 2 amide bonds. The maximum atomic E-state index is 12.2. The summed E-state index contributed by atoms with van der Waals surface area (Å²) in [5.41, 5.74) is 1.47. The maximum absolute atomic E-state index is 12.2. The highest BCUT2D eigenvalue weighted by Gasteiger charge is 2.22. The number of carboxylic acids is 1. The number of carboxylic acid groups (broad SMARTS) is 1. The highest BCUT2D eigenvalue weighted by Crippen LogP contribution is 2.24. The van der Waals surface area contributed by atoms with Gasteiger partial charge in [-0.05, 0) is 42.7 Å². The second-order valence-corrected chi connectivity index (χ2v) is 7.82. The Morgan fingerprint density at radius 3 is 2.30 bits per heavy atom. The van der Waals surface area contributed by atoms with Crippen LogP contribution in [0.3, 0.4) is 0 Å². The number of amides is 2. The van der Waals surface area contributed by atoms with Gasteiger partial charge in [0.15, 0.2) is 0 Å². The number of hydrogen-bond acceptors (Lipinski definition) is 4. The highest BCUT2D eigenvalue weighted by atomic mass is 32.1. The summed E-state index contributed by atoms with van der Waals surface area (Å²) in [5.74, 6) is -0.921. The van der Waals surface area contributed by atoms with Gasteiger partial charge in [0.1, 0.15) is 4.88 Å². The molecule has 0 unspecified atom stereocenters. The zero-order valence-electron chi connectivity index (χ0n) is 14.9. The molecule has 0 bridgehead atoms. The van der Waals surface area contributed by atoms with E-state index in [1.807, 2.05) is 12.1 Å². The van der Waals surface area contributed by atoms with Crippen molar-refractivity contribution < 1.29 is 19.5 Å². The number of nitrogens with one attached hydrogen (secondary N) is 2. The summed E-state index contributed by atoms with van der Waals surface area (Å²) in [5, 5.41) is 14.7. The van der Waals surface area contributed by atoms with Crippen LogP contribution in [-0.4, -0.2) is 22.9 Å². The number of rotatable bonds is 7. The third kappa shape index (κ3) is 5.17. The minimum atomic E-state index is -0.965. The normalized spacial score (nSPS) is 14.1. The van der Waals surface area contributed by atoms with Crippen molar-refractivity contribution in [3.63, 3.8) is 0 Å². The molecule has 27 heavy (non-hydrogen) atoms. The lowest BCUT2D eigenvalue weighted by molar-refractivity contribution is -0.124. The van der Waals surface area contributed by atoms with Crippen molar-refractivity contribution in [1.29, 1.82) is 0 Å². The van der Waals surface area contributed by atoms with Crippen LogP contribution in [0.25, 0.3) is 0 Å². The molecule has 0 radical (unpaired) electrons. The molecule has 0 spiro atoms. The lowest BCUT2D eigenvalue weighted by Gasteiger charge is -2.10. The number of benzene rings is 1. The first-order chi connectivity index (χ1) is 13.0. The van der Waals surface area contributed by atoms with Gasteiger partial charge < -0.3 is 15.7 Å². The molecule has 3 rings (SSSR count). The van der Waals surface area contributed by atoms with Crippen molar-refractivity contribution in [2.75, 3.05) is 0 Å². The van der Waals surface area contributed by atoms with Crippen molar-refractivity contribution >= 4 is 29.1 Å². The molecule has 142 valence electrons. The lowest BCUT2D eigenvalue weighted by Crippen LogP contribution is -2.28. The Balaban J connectivity index is 1.47. The van der Waals surface area contributed by atoms with Gasteiger partial charge in [-0.15, -0.1) is 11.3 Å². The molecule has 1 heterocycles. The first-order valence-electron chi connectivity index (χ1n) is 9.00. The standard InChI is InChI=1S/C20H22N2O4S/c23-18(14-3-1-2-4-14)21-11-13-5-7-15(8-6-13)19(24)22-12-16-9-10-17(27-16)20(25)26/h5-10,14H,1-4,11-12H2,(H,21,23)(H,22,24)(H,25,26). The number of aromatic carboxylic acids is 1. The van der Waals surface area contributed by atoms with E-state index in [1.54, 1.807) is 18.2 Å². The van der Waals surface area contributed by atoms with Crippen molar-refractivity contribution in [2.24, 2.45) is 5.92 Å². The fourth-order valence-electron chi connectivity index (χ4n) is 3.15. The largest absolute Gasteiger partial charge is 0.477 e. The van der Waals surface area contributed by atoms with Crippen LogP contribution in [-0.2, 0) is 17.9 Å². The fourth-order valence-corrected chi connectivity index (χ4v) is 3.94. The monoisotopic (exact) mass is 386 g/mol. The molecular formula is C20H22N2O4S. The number of hydrogen-bond donors (Lipinski definition) is 3. The molecule has 1 aliphatic rings. The Bertz CT molecular complexity index is 823. The summed E-state index contributed by atoms with van der Waals surface area (Å²) in [6.07, 6.45) is 4.21. The van der Waals surface area contributed by atoms with Crippen molar-refractivity contribution in [2.45, 2.75) is 38.8 Å². The van der Waals surface area contributed by atoms with Gasteiger partial charge in [0, 0.05) is 22.9 Å². The van der Waals surface area contributed by atoms with Gasteiger partial charge in [-0.2, -0.15) is 0 Å². The lowest BCUT2D eigenvalue weighted by atomic mass is 10.1. The Kier molecular flexibility index (Phi) is 6.24. The molecule has 1 fully saturated rings. The molecule has 7 heteroatoms. The minimum Gasteiger partial charge on any atom is -0.477 e. The summed E-state index contributed by atoms with van der Waals surface area (Å²) in [4.78, 5) is 36.2. The Morgan fingerprint density at radius 2 is 1.67 bits per heavy atom. The zero-order chi connectivity index (χ0) is 19.2. The van der Waals surface area contributed by atoms with Gasteiger partial charge in [-0.1, -0.05) is 25.0 Å². The zero-order valence-corrected chi connectivity index (χ0v) is 15.7. The van der Waals surface area contributed by atoms with E-state index in [1.165, 1.54) is 6.07 Å². The van der Waals surface area contributed by atoms with E-state index in [4.69, 9.17) is 5.11 Å². The van der Waals surface area contributed by atoms with Crippen LogP contribution in [0.2, 0.25) is 0 Å². The van der Waals surface area contributed by atoms with E-state index in [0.29, 0.717) is 12.1 Å². The Morgan fingerprint density at radius 1 is 0.963 bits per heavy atom. The topological polar surface area (TPSA) is 95.5 Å². The van der Waals surface area contributed by atoms with Crippen molar-refractivity contribution in [3.8, 4) is 0 Å². The van der Waals surface area contributed by atoms with Gasteiger partial charge in [-0.3, -0.25) is 9.59 Å². The van der Waals surface area contributed by atoms with Crippen LogP contribution in [0.5, 0.6) is 0 Å². The second-order valence-electron chi connectivity index (χ2n) is 6.65. The predicted molar refractivity (Wildman–Crippen MR) is 103 cm³/mol.